The minimum Gasteiger partial charge on any atom is -0.508 e. The predicted octanol–water partition coefficient (Wildman–Crippen LogP) is 3.34. The average Bonchev–Trinajstić information content (AvgIpc) is 2.15. The highest BCUT2D eigenvalue weighted by atomic mass is 32.2. The molecule has 0 saturated carbocycles. The lowest BCUT2D eigenvalue weighted by Crippen LogP contribution is -2.35. The van der Waals surface area contributed by atoms with E-state index < -0.39 is 0 Å². The van der Waals surface area contributed by atoms with Crippen LogP contribution in [-0.4, -0.2) is 22.7 Å². The molecule has 88 valence electrons. The summed E-state index contributed by atoms with van der Waals surface area (Å²) in [7, 11) is 0. The van der Waals surface area contributed by atoms with E-state index in [9.17, 15) is 5.11 Å². The van der Waals surface area contributed by atoms with E-state index in [1.54, 1.807) is 12.1 Å². The van der Waals surface area contributed by atoms with Crippen LogP contribution in [0.1, 0.15) is 20.3 Å². The van der Waals surface area contributed by atoms with Crippen LogP contribution in [0.4, 0.5) is 5.69 Å². The highest BCUT2D eigenvalue weighted by molar-refractivity contribution is 7.99. The lowest BCUT2D eigenvalue weighted by molar-refractivity contribution is 0.358. The Bertz CT molecular complexity index is 365. The number of aromatic hydroxyl groups is 1. The van der Waals surface area contributed by atoms with Gasteiger partial charge < -0.3 is 10.4 Å². The first-order chi connectivity index (χ1) is 7.55. The average molecular weight is 237 g/mol. The van der Waals surface area contributed by atoms with E-state index in [1.807, 2.05) is 23.9 Å². The first-order valence-electron chi connectivity index (χ1n) is 5.68. The second kappa shape index (κ2) is 4.58. The molecule has 2 N–H and O–H groups in total. The van der Waals surface area contributed by atoms with Crippen molar-refractivity contribution in [2.24, 2.45) is 5.41 Å². The highest BCUT2D eigenvalue weighted by Gasteiger charge is 2.28. The fourth-order valence-corrected chi connectivity index (χ4v) is 3.46. The molecule has 0 aromatic heterocycles. The van der Waals surface area contributed by atoms with Crippen LogP contribution in [-0.2, 0) is 0 Å². The van der Waals surface area contributed by atoms with Crippen molar-refractivity contribution in [3.05, 3.63) is 24.3 Å². The Morgan fingerprint density at radius 1 is 1.44 bits per heavy atom. The summed E-state index contributed by atoms with van der Waals surface area (Å²) in [5.41, 5.74) is 1.43. The Kier molecular flexibility index (Phi) is 3.33. The molecule has 0 aliphatic carbocycles. The van der Waals surface area contributed by atoms with Gasteiger partial charge in [-0.15, -0.1) is 0 Å². The van der Waals surface area contributed by atoms with Gasteiger partial charge in [-0.2, -0.15) is 11.8 Å². The molecule has 1 aromatic rings. The largest absolute Gasteiger partial charge is 0.508 e. The van der Waals surface area contributed by atoms with Crippen LogP contribution in [0.3, 0.4) is 0 Å². The fourth-order valence-electron chi connectivity index (χ4n) is 2.19. The van der Waals surface area contributed by atoms with Gasteiger partial charge in [-0.1, -0.05) is 19.9 Å². The minimum atomic E-state index is 0.327. The van der Waals surface area contributed by atoms with E-state index in [2.05, 4.69) is 19.2 Å². The van der Waals surface area contributed by atoms with Crippen LogP contribution in [0.15, 0.2) is 24.3 Å². The molecule has 2 rings (SSSR count). The van der Waals surface area contributed by atoms with Crippen molar-refractivity contribution in [2.75, 3.05) is 16.8 Å². The van der Waals surface area contributed by atoms with Crippen molar-refractivity contribution >= 4 is 17.4 Å². The van der Waals surface area contributed by atoms with E-state index in [1.165, 1.54) is 12.2 Å². The van der Waals surface area contributed by atoms with E-state index in [0.717, 1.165) is 11.4 Å². The summed E-state index contributed by atoms with van der Waals surface area (Å²) >= 11 is 2.01. The summed E-state index contributed by atoms with van der Waals surface area (Å²) in [5, 5.41) is 12.9. The second-order valence-electron chi connectivity index (χ2n) is 5.28. The molecule has 16 heavy (non-hydrogen) atoms. The number of hydrogen-bond acceptors (Lipinski definition) is 3. The third kappa shape index (κ3) is 3.08. The lowest BCUT2D eigenvalue weighted by Gasteiger charge is -2.35. The van der Waals surface area contributed by atoms with Crippen LogP contribution >= 0.6 is 11.8 Å². The Balaban J connectivity index is 1.99. The molecule has 1 fully saturated rings. The number of anilines is 1. The molecule has 0 amide bonds. The summed E-state index contributed by atoms with van der Waals surface area (Å²) in [4.78, 5) is 0. The molecule has 1 unspecified atom stereocenters. The third-order valence-corrected chi connectivity index (χ3v) is 4.45. The van der Waals surface area contributed by atoms with E-state index in [4.69, 9.17) is 0 Å². The molecule has 1 saturated heterocycles. The van der Waals surface area contributed by atoms with Gasteiger partial charge in [0.25, 0.3) is 0 Å². The molecule has 1 heterocycles. The number of rotatable bonds is 2. The van der Waals surface area contributed by atoms with Crippen molar-refractivity contribution in [1.82, 2.24) is 0 Å². The molecule has 1 atom stereocenters. The zero-order valence-corrected chi connectivity index (χ0v) is 10.7. The van der Waals surface area contributed by atoms with Gasteiger partial charge in [0.2, 0.25) is 0 Å². The Hall–Kier alpha value is -0.830. The van der Waals surface area contributed by atoms with E-state index in [0.29, 0.717) is 17.2 Å². The molecule has 1 aliphatic rings. The van der Waals surface area contributed by atoms with Gasteiger partial charge in [0.15, 0.2) is 0 Å². The first kappa shape index (κ1) is 11.6. The zero-order chi connectivity index (χ0) is 11.6. The quantitative estimate of drug-likeness (QED) is 0.827. The van der Waals surface area contributed by atoms with E-state index >= 15 is 0 Å². The molecular weight excluding hydrogens is 218 g/mol. The molecule has 0 radical (unpaired) electrons. The van der Waals surface area contributed by atoms with Gasteiger partial charge in [-0.25, -0.2) is 0 Å². The van der Waals surface area contributed by atoms with Gasteiger partial charge in [0.1, 0.15) is 5.75 Å². The zero-order valence-electron chi connectivity index (χ0n) is 9.86. The maximum absolute atomic E-state index is 9.40. The van der Waals surface area contributed by atoms with Crippen LogP contribution in [0.2, 0.25) is 0 Å². The fraction of sp³-hybridized carbons (Fsp3) is 0.538. The van der Waals surface area contributed by atoms with Gasteiger partial charge >= 0.3 is 0 Å². The maximum Gasteiger partial charge on any atom is 0.117 e. The predicted molar refractivity (Wildman–Crippen MR) is 71.2 cm³/mol. The number of phenols is 1. The van der Waals surface area contributed by atoms with Crippen LogP contribution < -0.4 is 5.32 Å². The normalized spacial score (nSPS) is 24.0. The Morgan fingerprint density at radius 2 is 2.25 bits per heavy atom. The molecule has 1 aliphatic heterocycles. The summed E-state index contributed by atoms with van der Waals surface area (Å²) in [6.07, 6.45) is 1.19. The molecule has 3 heteroatoms. The third-order valence-electron chi connectivity index (χ3n) is 2.83. The number of phenolic OH excluding ortho intramolecular Hbond substituents is 1. The van der Waals surface area contributed by atoms with Crippen molar-refractivity contribution in [1.29, 1.82) is 0 Å². The molecule has 0 spiro atoms. The summed E-state index contributed by atoms with van der Waals surface area (Å²) in [5.74, 6) is 2.72. The van der Waals surface area contributed by atoms with Crippen molar-refractivity contribution in [3.8, 4) is 5.75 Å². The monoisotopic (exact) mass is 237 g/mol. The summed E-state index contributed by atoms with van der Waals surface area (Å²) in [6.45, 7) is 4.63. The second-order valence-corrected chi connectivity index (χ2v) is 6.31. The minimum absolute atomic E-state index is 0.327. The van der Waals surface area contributed by atoms with Gasteiger partial charge in [-0.05, 0) is 29.7 Å². The molecule has 2 nitrogen and oxygen atoms in total. The van der Waals surface area contributed by atoms with Crippen molar-refractivity contribution in [2.45, 2.75) is 26.3 Å². The smallest absolute Gasteiger partial charge is 0.117 e. The lowest BCUT2D eigenvalue weighted by atomic mass is 9.88. The maximum atomic E-state index is 9.40. The SMILES string of the molecule is CC1(C)CSCC(Nc2cccc(O)c2)C1. The molecule has 0 bridgehead atoms. The standard InChI is InChI=1S/C13H19NOS/c1-13(2)7-11(8-16-9-13)14-10-4-3-5-12(15)6-10/h3-6,11,14-15H,7-9H2,1-2H3. The molecule has 1 aromatic carbocycles. The van der Waals surface area contributed by atoms with Gasteiger partial charge in [-0.3, -0.25) is 0 Å². The van der Waals surface area contributed by atoms with Crippen molar-refractivity contribution < 1.29 is 5.11 Å². The first-order valence-corrected chi connectivity index (χ1v) is 6.84. The number of hydrogen-bond donors (Lipinski definition) is 2. The van der Waals surface area contributed by atoms with Crippen LogP contribution in [0.5, 0.6) is 5.75 Å². The number of benzene rings is 1. The summed E-state index contributed by atoms with van der Waals surface area (Å²) in [6, 6.07) is 7.87. The van der Waals surface area contributed by atoms with Crippen LogP contribution in [0, 0.1) is 5.41 Å². The van der Waals surface area contributed by atoms with Gasteiger partial charge in [0, 0.05) is 23.5 Å². The Labute approximate surface area is 101 Å². The Morgan fingerprint density at radius 3 is 2.94 bits per heavy atom. The number of thioether (sulfide) groups is 1. The highest BCUT2D eigenvalue weighted by Crippen LogP contribution is 2.34. The van der Waals surface area contributed by atoms with Gasteiger partial charge in [0.05, 0.1) is 0 Å². The summed E-state index contributed by atoms with van der Waals surface area (Å²) < 4.78 is 0. The van der Waals surface area contributed by atoms with Crippen LogP contribution in [0.25, 0.3) is 0 Å². The number of nitrogens with one attached hydrogen (secondary N) is 1. The van der Waals surface area contributed by atoms with E-state index in [-0.39, 0.29) is 0 Å². The molecular formula is C13H19NOS. The topological polar surface area (TPSA) is 32.3 Å². The van der Waals surface area contributed by atoms with Crippen molar-refractivity contribution in [3.63, 3.8) is 0 Å².